The Balaban J connectivity index is 1.59. The molecule has 1 saturated carbocycles. The number of ether oxygens (including phenoxy) is 1. The number of nitrogens with two attached hydrogens (primary N) is 1. The number of phosphoric ester groups is 1. The topological polar surface area (TPSA) is 307 Å². The first-order chi connectivity index (χ1) is 16.6. The Bertz CT molecular complexity index is 1450. The molecule has 2 aromatic heterocycles. The average molecular weight is 572 g/mol. The maximum absolute atomic E-state index is 12.2. The van der Waals surface area contributed by atoms with Gasteiger partial charge in [0.2, 0.25) is 5.95 Å². The van der Waals surface area contributed by atoms with E-state index in [2.05, 4.69) is 33.6 Å². The lowest BCUT2D eigenvalue weighted by Crippen LogP contribution is -2.49. The first kappa shape index (κ1) is 26.9. The minimum Gasteiger partial charge on any atom is -0.369 e. The summed E-state index contributed by atoms with van der Waals surface area (Å²) >= 11 is 0. The molecule has 2 aliphatic rings. The molecule has 7 N–H and O–H groups in total. The van der Waals surface area contributed by atoms with Crippen molar-refractivity contribution in [2.45, 2.75) is 31.2 Å². The third kappa shape index (κ3) is 5.40. The van der Waals surface area contributed by atoms with Crippen LogP contribution < -0.4 is 11.3 Å². The Hall–Kier alpha value is -2.17. The highest BCUT2D eigenvalue weighted by atomic mass is 31.3. The number of H-pyrrole nitrogens is 1. The van der Waals surface area contributed by atoms with E-state index in [1.165, 1.54) is 17.8 Å². The number of fused-ring (bicyclic) bond motifs is 2. The van der Waals surface area contributed by atoms with Gasteiger partial charge in [0.25, 0.3) is 5.56 Å². The van der Waals surface area contributed by atoms with Gasteiger partial charge < -0.3 is 30.0 Å². The summed E-state index contributed by atoms with van der Waals surface area (Å²) < 4.78 is 54.1. The fraction of sp³-hybridized carbons (Fsp3) is 0.615. The second-order valence-corrected chi connectivity index (χ2v) is 12.5. The van der Waals surface area contributed by atoms with Gasteiger partial charge in [-0.1, -0.05) is 12.0 Å². The van der Waals surface area contributed by atoms with Gasteiger partial charge in [-0.05, 0) is 17.9 Å². The van der Waals surface area contributed by atoms with Crippen LogP contribution in [-0.2, 0) is 31.6 Å². The van der Waals surface area contributed by atoms with Crippen molar-refractivity contribution in [2.24, 2.45) is 17.0 Å². The number of phosphoric acid groups is 3. The number of imidazole rings is 1. The molecule has 23 heteroatoms. The molecule has 1 aliphatic carbocycles. The lowest BCUT2D eigenvalue weighted by atomic mass is 9.86. The highest BCUT2D eigenvalue weighted by Gasteiger charge is 2.62. The number of rotatable bonds is 9. The molecule has 1 aliphatic heterocycles. The standard InChI is InChI=1S/C13H19N8O12P3/c1-13(19-20-15)6-2-5(6)11(21-4-16-8-9(21)17-12(14)18-10(8)22)31-7(13)3-30-35(26,27)33-36(28,29)32-34(23,24)25/h4-7,11H,2-3H2,1H3,(H,26,27)(H,28,29)(H2,23,24,25)(H3,14,17,18,22)/t5?,6?,7-,11-,13?/m1/s1. The van der Waals surface area contributed by atoms with Gasteiger partial charge in [0.15, 0.2) is 11.2 Å². The number of anilines is 1. The van der Waals surface area contributed by atoms with E-state index in [-0.39, 0.29) is 28.9 Å². The number of nitrogens with one attached hydrogen (secondary N) is 1. The van der Waals surface area contributed by atoms with Gasteiger partial charge in [-0.3, -0.25) is 18.9 Å². The van der Waals surface area contributed by atoms with Crippen molar-refractivity contribution in [3.63, 3.8) is 0 Å². The largest absolute Gasteiger partial charge is 0.490 e. The van der Waals surface area contributed by atoms with Crippen molar-refractivity contribution >= 4 is 40.6 Å². The second kappa shape index (κ2) is 8.99. The molecule has 0 radical (unpaired) electrons. The molecular formula is C13H19N8O12P3. The van der Waals surface area contributed by atoms with Gasteiger partial charge in [0, 0.05) is 10.8 Å². The molecule has 5 unspecified atom stereocenters. The monoisotopic (exact) mass is 572 g/mol. The van der Waals surface area contributed by atoms with E-state index in [0.717, 1.165) is 0 Å². The molecule has 2 aromatic rings. The Labute approximate surface area is 199 Å². The lowest BCUT2D eigenvalue weighted by molar-refractivity contribution is -0.142. The number of nitrogen functional groups attached to an aromatic ring is 1. The molecule has 0 spiro atoms. The van der Waals surface area contributed by atoms with E-state index in [1.807, 2.05) is 0 Å². The Kier molecular flexibility index (Phi) is 6.71. The van der Waals surface area contributed by atoms with Crippen LogP contribution in [-0.4, -0.2) is 57.3 Å². The maximum Gasteiger partial charge on any atom is 0.490 e. The van der Waals surface area contributed by atoms with Gasteiger partial charge in [-0.2, -0.15) is 13.6 Å². The number of hydrogen-bond acceptors (Lipinski definition) is 12. The summed E-state index contributed by atoms with van der Waals surface area (Å²) in [5.74, 6) is -0.748. The van der Waals surface area contributed by atoms with Crippen molar-refractivity contribution in [2.75, 3.05) is 12.3 Å². The molecule has 1 saturated heterocycles. The van der Waals surface area contributed by atoms with Crippen LogP contribution in [0.15, 0.2) is 16.2 Å². The number of aromatic nitrogens is 4. The van der Waals surface area contributed by atoms with E-state index >= 15 is 0 Å². The van der Waals surface area contributed by atoms with E-state index in [0.29, 0.717) is 6.42 Å². The van der Waals surface area contributed by atoms with Gasteiger partial charge in [-0.15, -0.1) is 0 Å². The minimum atomic E-state index is -5.73. The predicted molar refractivity (Wildman–Crippen MR) is 115 cm³/mol. The molecule has 36 heavy (non-hydrogen) atoms. The van der Waals surface area contributed by atoms with Gasteiger partial charge in [0.05, 0.1) is 24.6 Å². The molecule has 0 bridgehead atoms. The van der Waals surface area contributed by atoms with Crippen molar-refractivity contribution in [3.05, 3.63) is 27.1 Å². The summed E-state index contributed by atoms with van der Waals surface area (Å²) in [5, 5.41) is 3.77. The quantitative estimate of drug-likeness (QED) is 0.104. The second-order valence-electron chi connectivity index (χ2n) is 8.10. The van der Waals surface area contributed by atoms with Crippen LogP contribution in [0.4, 0.5) is 5.95 Å². The Morgan fingerprint density at radius 3 is 2.67 bits per heavy atom. The smallest absolute Gasteiger partial charge is 0.369 e. The van der Waals surface area contributed by atoms with Gasteiger partial charge in [0.1, 0.15) is 6.23 Å². The molecule has 4 rings (SSSR count). The zero-order valence-electron chi connectivity index (χ0n) is 18.0. The molecule has 3 heterocycles. The normalized spacial score (nSPS) is 31.1. The summed E-state index contributed by atoms with van der Waals surface area (Å²) in [4.78, 5) is 61.7. The Morgan fingerprint density at radius 1 is 1.33 bits per heavy atom. The highest BCUT2D eigenvalue weighted by molar-refractivity contribution is 7.66. The molecule has 2 fully saturated rings. The molecule has 0 aromatic carbocycles. The van der Waals surface area contributed by atoms with Crippen molar-refractivity contribution in [1.29, 1.82) is 0 Å². The van der Waals surface area contributed by atoms with Crippen LogP contribution in [0, 0.1) is 11.8 Å². The van der Waals surface area contributed by atoms with Crippen LogP contribution in [0.2, 0.25) is 0 Å². The summed E-state index contributed by atoms with van der Waals surface area (Å²) in [5.41, 5.74) is 12.8. The minimum absolute atomic E-state index is 0.0294. The lowest BCUT2D eigenvalue weighted by Gasteiger charge is -2.41. The molecular weight excluding hydrogens is 553 g/mol. The Morgan fingerprint density at radius 2 is 2.03 bits per heavy atom. The first-order valence-electron chi connectivity index (χ1n) is 9.77. The van der Waals surface area contributed by atoms with Gasteiger partial charge >= 0.3 is 23.5 Å². The summed E-state index contributed by atoms with van der Waals surface area (Å²) in [6.07, 6.45) is -0.360. The highest BCUT2D eigenvalue weighted by Crippen LogP contribution is 2.67. The van der Waals surface area contributed by atoms with Gasteiger partial charge in [-0.25, -0.2) is 18.7 Å². The third-order valence-corrected chi connectivity index (χ3v) is 9.50. The number of hydrogen-bond donors (Lipinski definition) is 6. The zero-order chi connectivity index (χ0) is 26.7. The maximum atomic E-state index is 12.2. The average Bonchev–Trinajstić information content (AvgIpc) is 3.40. The van der Waals surface area contributed by atoms with Crippen molar-refractivity contribution < 1.29 is 51.2 Å². The number of azide groups is 1. The van der Waals surface area contributed by atoms with E-state index in [9.17, 15) is 28.3 Å². The van der Waals surface area contributed by atoms with E-state index in [4.69, 9.17) is 30.3 Å². The first-order valence-corrected chi connectivity index (χ1v) is 14.3. The van der Waals surface area contributed by atoms with Crippen LogP contribution in [0.25, 0.3) is 21.6 Å². The van der Waals surface area contributed by atoms with Crippen molar-refractivity contribution in [1.82, 2.24) is 19.5 Å². The van der Waals surface area contributed by atoms with Crippen LogP contribution in [0.3, 0.4) is 0 Å². The predicted octanol–water partition coefficient (Wildman–Crippen LogP) is 0.648. The zero-order valence-corrected chi connectivity index (χ0v) is 20.6. The molecule has 0 amide bonds. The van der Waals surface area contributed by atoms with E-state index in [1.54, 1.807) is 0 Å². The summed E-state index contributed by atoms with van der Waals surface area (Å²) in [7, 11) is -16.8. The van der Waals surface area contributed by atoms with Crippen LogP contribution in [0.1, 0.15) is 19.6 Å². The molecule has 198 valence electrons. The fourth-order valence-electron chi connectivity index (χ4n) is 4.16. The third-order valence-electron chi connectivity index (χ3n) is 5.70. The van der Waals surface area contributed by atoms with Crippen molar-refractivity contribution in [3.8, 4) is 0 Å². The van der Waals surface area contributed by atoms with E-state index < -0.39 is 53.5 Å². The van der Waals surface area contributed by atoms with Crippen LogP contribution >= 0.6 is 23.5 Å². The summed E-state index contributed by atoms with van der Waals surface area (Å²) in [6, 6.07) is 0. The SMILES string of the molecule is CC1(N=[N+]=[N-])C2CC2[C@H](n2cnc3c(=O)[nH]c(N)nc32)O[C@@H]1COP(=O)(O)OP(=O)(O)OP(=O)(O)O. The fourth-order valence-corrected chi connectivity index (χ4v) is 7.18. The molecule has 20 nitrogen and oxygen atoms in total. The number of aromatic amines is 1. The molecule has 7 atom stereocenters. The number of nitrogens with zero attached hydrogens (tertiary/aromatic N) is 6. The van der Waals surface area contributed by atoms with Crippen LogP contribution in [0.5, 0.6) is 0 Å². The summed E-state index contributed by atoms with van der Waals surface area (Å²) in [6.45, 7) is 0.660.